The van der Waals surface area contributed by atoms with Gasteiger partial charge < -0.3 is 10.2 Å². The fourth-order valence-corrected chi connectivity index (χ4v) is 3.21. The average molecular weight is 324 g/mol. The van der Waals surface area contributed by atoms with Crippen LogP contribution in [0.3, 0.4) is 0 Å². The molecule has 1 aliphatic carbocycles. The van der Waals surface area contributed by atoms with Crippen molar-refractivity contribution in [2.45, 2.75) is 51.5 Å². The number of hydrogen-bond acceptors (Lipinski definition) is 4. The van der Waals surface area contributed by atoms with E-state index in [4.69, 9.17) is 9.97 Å². The molecule has 0 saturated heterocycles. The van der Waals surface area contributed by atoms with Gasteiger partial charge in [0.1, 0.15) is 5.82 Å². The zero-order valence-corrected chi connectivity index (χ0v) is 14.8. The molecule has 3 rings (SSSR count). The second kappa shape index (κ2) is 8.13. The molecule has 1 N–H and O–H groups in total. The van der Waals surface area contributed by atoms with Crippen LogP contribution < -0.4 is 10.2 Å². The van der Waals surface area contributed by atoms with Crippen LogP contribution >= 0.6 is 0 Å². The second-order valence-electron chi connectivity index (χ2n) is 6.70. The Bertz CT molecular complexity index is 635. The molecule has 0 radical (unpaired) electrons. The molecular weight excluding hydrogens is 296 g/mol. The van der Waals surface area contributed by atoms with Gasteiger partial charge in [-0.15, -0.1) is 0 Å². The third-order valence-corrected chi connectivity index (χ3v) is 4.71. The first-order valence-corrected chi connectivity index (χ1v) is 9.18. The molecule has 24 heavy (non-hydrogen) atoms. The van der Waals surface area contributed by atoms with Crippen molar-refractivity contribution in [2.24, 2.45) is 0 Å². The van der Waals surface area contributed by atoms with Gasteiger partial charge >= 0.3 is 0 Å². The minimum atomic E-state index is 0.518. The summed E-state index contributed by atoms with van der Waals surface area (Å²) in [7, 11) is 2.12. The Morgan fingerprint density at radius 2 is 1.88 bits per heavy atom. The highest BCUT2D eigenvalue weighted by Crippen LogP contribution is 2.26. The summed E-state index contributed by atoms with van der Waals surface area (Å²) in [5.74, 6) is 1.76. The van der Waals surface area contributed by atoms with Crippen molar-refractivity contribution in [1.29, 1.82) is 0 Å². The zero-order valence-electron chi connectivity index (χ0n) is 14.8. The van der Waals surface area contributed by atoms with Crippen LogP contribution in [0.1, 0.15) is 45.4 Å². The molecule has 0 amide bonds. The summed E-state index contributed by atoms with van der Waals surface area (Å²) < 4.78 is 0. The van der Waals surface area contributed by atoms with E-state index in [0.717, 1.165) is 29.6 Å². The largest absolute Gasteiger partial charge is 0.359 e. The zero-order chi connectivity index (χ0) is 16.8. The van der Waals surface area contributed by atoms with E-state index in [-0.39, 0.29) is 0 Å². The number of hydrogen-bond donors (Lipinski definition) is 1. The maximum Gasteiger partial charge on any atom is 0.225 e. The molecule has 4 heteroatoms. The summed E-state index contributed by atoms with van der Waals surface area (Å²) in [4.78, 5) is 11.8. The lowest BCUT2D eigenvalue weighted by Crippen LogP contribution is -2.22. The van der Waals surface area contributed by atoms with Crippen molar-refractivity contribution in [3.63, 3.8) is 0 Å². The molecular formula is C20H28N4. The maximum atomic E-state index is 4.78. The van der Waals surface area contributed by atoms with Crippen molar-refractivity contribution >= 4 is 11.8 Å². The Balaban J connectivity index is 1.89. The van der Waals surface area contributed by atoms with Crippen LogP contribution in [0.15, 0.2) is 36.4 Å². The van der Waals surface area contributed by atoms with Gasteiger partial charge in [-0.05, 0) is 19.3 Å². The predicted octanol–water partition coefficient (Wildman–Crippen LogP) is 4.73. The van der Waals surface area contributed by atoms with E-state index in [1.807, 2.05) is 6.07 Å². The third kappa shape index (κ3) is 4.25. The van der Waals surface area contributed by atoms with E-state index in [1.54, 1.807) is 0 Å². The SMILES string of the molecule is CCCCN(C)c1cc(-c2ccccc2)nc(NC2CCCC2)n1. The molecule has 1 fully saturated rings. The summed E-state index contributed by atoms with van der Waals surface area (Å²) >= 11 is 0. The summed E-state index contributed by atoms with van der Waals surface area (Å²) in [6.45, 7) is 3.24. The minimum Gasteiger partial charge on any atom is -0.359 e. The van der Waals surface area contributed by atoms with Crippen molar-refractivity contribution in [1.82, 2.24) is 9.97 Å². The molecule has 128 valence electrons. The number of unbranched alkanes of at least 4 members (excludes halogenated alkanes) is 1. The molecule has 2 aromatic rings. The molecule has 0 spiro atoms. The normalized spacial score (nSPS) is 14.8. The van der Waals surface area contributed by atoms with E-state index in [9.17, 15) is 0 Å². The van der Waals surface area contributed by atoms with Crippen LogP contribution in [0.25, 0.3) is 11.3 Å². The second-order valence-corrected chi connectivity index (χ2v) is 6.70. The van der Waals surface area contributed by atoms with Gasteiger partial charge in [-0.1, -0.05) is 56.5 Å². The number of benzene rings is 1. The van der Waals surface area contributed by atoms with Gasteiger partial charge in [-0.3, -0.25) is 0 Å². The topological polar surface area (TPSA) is 41.1 Å². The first-order chi connectivity index (χ1) is 11.8. The number of rotatable bonds is 7. The predicted molar refractivity (Wildman–Crippen MR) is 102 cm³/mol. The van der Waals surface area contributed by atoms with E-state index >= 15 is 0 Å². The van der Waals surface area contributed by atoms with E-state index in [2.05, 4.69) is 54.5 Å². The van der Waals surface area contributed by atoms with Gasteiger partial charge in [0.05, 0.1) is 5.69 Å². The fraction of sp³-hybridized carbons (Fsp3) is 0.500. The van der Waals surface area contributed by atoms with Crippen LogP contribution in [0, 0.1) is 0 Å². The Kier molecular flexibility index (Phi) is 5.68. The number of aromatic nitrogens is 2. The van der Waals surface area contributed by atoms with Gasteiger partial charge in [-0.2, -0.15) is 4.98 Å². The summed E-state index contributed by atoms with van der Waals surface area (Å²) in [6, 6.07) is 13.0. The standard InChI is InChI=1S/C20H28N4/c1-3-4-14-24(2)19-15-18(16-10-6-5-7-11-16)22-20(23-19)21-17-12-8-9-13-17/h5-7,10-11,15,17H,3-4,8-9,12-14H2,1-2H3,(H,21,22,23). The van der Waals surface area contributed by atoms with E-state index in [0.29, 0.717) is 6.04 Å². The fourth-order valence-electron chi connectivity index (χ4n) is 3.21. The Morgan fingerprint density at radius 3 is 2.58 bits per heavy atom. The van der Waals surface area contributed by atoms with Crippen LogP contribution in [-0.2, 0) is 0 Å². The Labute approximate surface area is 145 Å². The van der Waals surface area contributed by atoms with Gasteiger partial charge in [0.2, 0.25) is 5.95 Å². The van der Waals surface area contributed by atoms with Crippen molar-refractivity contribution in [3.05, 3.63) is 36.4 Å². The monoisotopic (exact) mass is 324 g/mol. The average Bonchev–Trinajstić information content (AvgIpc) is 3.13. The minimum absolute atomic E-state index is 0.518. The smallest absolute Gasteiger partial charge is 0.225 e. The highest BCUT2D eigenvalue weighted by Gasteiger charge is 2.17. The van der Waals surface area contributed by atoms with Crippen LogP contribution in [0.4, 0.5) is 11.8 Å². The first-order valence-electron chi connectivity index (χ1n) is 9.18. The summed E-state index contributed by atoms with van der Waals surface area (Å²) in [5, 5.41) is 3.55. The quantitative estimate of drug-likeness (QED) is 0.799. The molecule has 4 nitrogen and oxygen atoms in total. The maximum absolute atomic E-state index is 4.78. The van der Waals surface area contributed by atoms with E-state index < -0.39 is 0 Å². The first kappa shape index (κ1) is 16.7. The molecule has 0 unspecified atom stereocenters. The lowest BCUT2D eigenvalue weighted by Gasteiger charge is -2.20. The molecule has 0 aliphatic heterocycles. The summed E-state index contributed by atoms with van der Waals surface area (Å²) in [6.07, 6.45) is 7.42. The highest BCUT2D eigenvalue weighted by atomic mass is 15.2. The highest BCUT2D eigenvalue weighted by molar-refractivity contribution is 5.64. The molecule has 1 aliphatic rings. The molecule has 0 bridgehead atoms. The van der Waals surface area contributed by atoms with Crippen molar-refractivity contribution < 1.29 is 0 Å². The molecule has 1 saturated carbocycles. The van der Waals surface area contributed by atoms with Gasteiger partial charge in [0.15, 0.2) is 0 Å². The van der Waals surface area contributed by atoms with Crippen LogP contribution in [0.5, 0.6) is 0 Å². The lowest BCUT2D eigenvalue weighted by atomic mass is 10.1. The Morgan fingerprint density at radius 1 is 1.12 bits per heavy atom. The number of nitrogens with one attached hydrogen (secondary N) is 1. The molecule has 0 atom stereocenters. The summed E-state index contributed by atoms with van der Waals surface area (Å²) in [5.41, 5.74) is 2.13. The molecule has 1 aromatic carbocycles. The van der Waals surface area contributed by atoms with Gasteiger partial charge in [0, 0.05) is 31.3 Å². The van der Waals surface area contributed by atoms with Gasteiger partial charge in [-0.25, -0.2) is 4.98 Å². The molecule has 1 heterocycles. The van der Waals surface area contributed by atoms with Crippen LogP contribution in [0.2, 0.25) is 0 Å². The third-order valence-electron chi connectivity index (χ3n) is 4.71. The number of nitrogens with zero attached hydrogens (tertiary/aromatic N) is 3. The van der Waals surface area contributed by atoms with Crippen LogP contribution in [-0.4, -0.2) is 29.6 Å². The Hall–Kier alpha value is -2.10. The van der Waals surface area contributed by atoms with Gasteiger partial charge in [0.25, 0.3) is 0 Å². The molecule has 1 aromatic heterocycles. The number of anilines is 2. The van der Waals surface area contributed by atoms with Crippen molar-refractivity contribution in [3.8, 4) is 11.3 Å². The lowest BCUT2D eigenvalue weighted by molar-refractivity contribution is 0.737. The van der Waals surface area contributed by atoms with Crippen molar-refractivity contribution in [2.75, 3.05) is 23.8 Å². The van der Waals surface area contributed by atoms with E-state index in [1.165, 1.54) is 38.5 Å².